The second kappa shape index (κ2) is 18.8. The van der Waals surface area contributed by atoms with E-state index in [4.69, 9.17) is 14.2 Å². The van der Waals surface area contributed by atoms with Gasteiger partial charge in [-0.05, 0) is 73.6 Å². The van der Waals surface area contributed by atoms with Crippen molar-refractivity contribution in [2.24, 2.45) is 0 Å². The molecule has 0 saturated carbocycles. The number of ether oxygens (including phenoxy) is 3. The van der Waals surface area contributed by atoms with Crippen LogP contribution in [0, 0.1) is 11.8 Å². The number of amides is 4. The van der Waals surface area contributed by atoms with E-state index in [9.17, 15) is 19.2 Å². The average Bonchev–Trinajstić information content (AvgIpc) is 4.14. The maximum absolute atomic E-state index is 13.9. The Morgan fingerprint density at radius 2 is 1.17 bits per heavy atom. The summed E-state index contributed by atoms with van der Waals surface area (Å²) in [6.07, 6.45) is 4.69. The molecule has 7 rings (SSSR count). The highest BCUT2D eigenvalue weighted by Crippen LogP contribution is 2.35. The highest BCUT2D eigenvalue weighted by molar-refractivity contribution is 5.88. The van der Waals surface area contributed by atoms with Crippen molar-refractivity contribution in [3.8, 4) is 34.4 Å². The molecule has 2 fully saturated rings. The Balaban J connectivity index is 0.980. The zero-order chi connectivity index (χ0) is 42.2. The van der Waals surface area contributed by atoms with Crippen LogP contribution in [-0.4, -0.2) is 100 Å². The van der Waals surface area contributed by atoms with Gasteiger partial charge in [-0.15, -0.1) is 0 Å². The predicted molar refractivity (Wildman–Crippen MR) is 222 cm³/mol. The molecule has 3 aromatic carbocycles. The lowest BCUT2D eigenvalue weighted by Crippen LogP contribution is -2.54. The molecule has 15 heteroatoms. The first-order valence-electron chi connectivity index (χ1n) is 19.9. The van der Waals surface area contributed by atoms with Gasteiger partial charge in [0.25, 0.3) is 5.91 Å². The van der Waals surface area contributed by atoms with Gasteiger partial charge in [0.2, 0.25) is 5.91 Å². The van der Waals surface area contributed by atoms with Crippen molar-refractivity contribution in [3.05, 3.63) is 120 Å². The summed E-state index contributed by atoms with van der Waals surface area (Å²) in [7, 11) is 4.02. The molecule has 4 heterocycles. The number of likely N-dealkylation sites (tertiary alicyclic amines) is 2. The molecule has 15 nitrogen and oxygen atoms in total. The number of aromatic nitrogens is 4. The second-order valence-corrected chi connectivity index (χ2v) is 14.7. The van der Waals surface area contributed by atoms with Crippen LogP contribution in [0.4, 0.5) is 9.59 Å². The number of alkyl carbamates (subject to hydrolysis) is 2. The van der Waals surface area contributed by atoms with Crippen molar-refractivity contribution in [3.63, 3.8) is 0 Å². The van der Waals surface area contributed by atoms with Gasteiger partial charge in [-0.3, -0.25) is 9.59 Å². The molecule has 4 N–H and O–H groups in total. The molecule has 2 aliphatic rings. The van der Waals surface area contributed by atoms with E-state index < -0.39 is 30.4 Å². The minimum atomic E-state index is -0.901. The summed E-state index contributed by atoms with van der Waals surface area (Å²) in [4.78, 5) is 71.3. The van der Waals surface area contributed by atoms with Gasteiger partial charge in [0, 0.05) is 31.3 Å². The molecular weight excluding hydrogens is 765 g/mol. The first-order chi connectivity index (χ1) is 29.2. The molecule has 60 heavy (non-hydrogen) atoms. The van der Waals surface area contributed by atoms with Crippen LogP contribution < -0.4 is 10.6 Å². The minimum absolute atomic E-state index is 0.221. The number of carbonyl (C=O) groups is 4. The zero-order valence-corrected chi connectivity index (χ0v) is 33.9. The first kappa shape index (κ1) is 41.2. The first-order valence-corrected chi connectivity index (χ1v) is 19.9. The standard InChI is InChI=1S/C45H48N8O7/c1-28(58-2)38(50-44(56)59-3)42(54)52-24-8-12-36(52)40-46-26-34(48-40)31-20-16-29(17-21-31)14-15-30-18-22-32(23-19-30)35-27-47-41(49-35)37-13-9-25-53(37)43(55)39(51-45(57)60-4)33-10-6-5-7-11-33/h5-7,10-11,16-23,26-28,36-39H,8-9,12-13,24-25H2,1-4H3,(H,46,48)(H,47,49)(H,50,56)(H,51,57)/t28-,36+,37+,38+,39-/m1/s1. The van der Waals surface area contributed by atoms with Crippen molar-refractivity contribution in [2.75, 3.05) is 34.4 Å². The topological polar surface area (TPSA) is 184 Å². The number of nitrogens with zero attached hydrogens (tertiary/aromatic N) is 4. The number of nitrogens with one attached hydrogen (secondary N) is 4. The van der Waals surface area contributed by atoms with E-state index >= 15 is 0 Å². The smallest absolute Gasteiger partial charge is 0.407 e. The third-order valence-electron chi connectivity index (χ3n) is 11.0. The van der Waals surface area contributed by atoms with Crippen LogP contribution in [0.3, 0.4) is 0 Å². The van der Waals surface area contributed by atoms with Crippen LogP contribution in [0.5, 0.6) is 0 Å². The molecule has 4 amide bonds. The van der Waals surface area contributed by atoms with Gasteiger partial charge in [0.05, 0.1) is 56.2 Å². The summed E-state index contributed by atoms with van der Waals surface area (Å²) >= 11 is 0. The van der Waals surface area contributed by atoms with E-state index in [2.05, 4.69) is 42.4 Å². The molecule has 0 bridgehead atoms. The number of benzene rings is 3. The van der Waals surface area contributed by atoms with E-state index in [1.165, 1.54) is 21.3 Å². The summed E-state index contributed by atoms with van der Waals surface area (Å²) in [6.45, 7) is 2.81. The van der Waals surface area contributed by atoms with Crippen LogP contribution in [0.15, 0.2) is 91.3 Å². The van der Waals surface area contributed by atoms with Crippen LogP contribution in [0.1, 0.15) is 79.1 Å². The number of H-pyrrole nitrogens is 2. The molecule has 310 valence electrons. The molecular formula is C45H48N8O7. The highest BCUT2D eigenvalue weighted by Gasteiger charge is 2.39. The largest absolute Gasteiger partial charge is 0.453 e. The van der Waals surface area contributed by atoms with Gasteiger partial charge in [-0.25, -0.2) is 19.6 Å². The van der Waals surface area contributed by atoms with Gasteiger partial charge in [-0.2, -0.15) is 0 Å². The molecule has 2 saturated heterocycles. The van der Waals surface area contributed by atoms with E-state index in [0.717, 1.165) is 59.3 Å². The van der Waals surface area contributed by atoms with Crippen molar-refractivity contribution in [2.45, 2.75) is 62.9 Å². The molecule has 5 aromatic rings. The Kier molecular flexibility index (Phi) is 12.9. The van der Waals surface area contributed by atoms with Crippen LogP contribution in [0.2, 0.25) is 0 Å². The number of carbonyl (C=O) groups excluding carboxylic acids is 4. The lowest BCUT2D eigenvalue weighted by Gasteiger charge is -2.30. The van der Waals surface area contributed by atoms with Gasteiger partial charge in [0.1, 0.15) is 23.7 Å². The molecule has 2 aliphatic heterocycles. The number of rotatable bonds is 11. The van der Waals surface area contributed by atoms with E-state index in [1.54, 1.807) is 29.1 Å². The Morgan fingerprint density at radius 1 is 0.683 bits per heavy atom. The Bertz CT molecular complexity index is 2350. The number of hydrogen-bond donors (Lipinski definition) is 4. The Labute approximate surface area is 348 Å². The van der Waals surface area contributed by atoms with Gasteiger partial charge >= 0.3 is 12.2 Å². The predicted octanol–water partition coefficient (Wildman–Crippen LogP) is 6.05. The van der Waals surface area contributed by atoms with Gasteiger partial charge < -0.3 is 44.6 Å². The van der Waals surface area contributed by atoms with Gasteiger partial charge in [-0.1, -0.05) is 66.4 Å². The summed E-state index contributed by atoms with van der Waals surface area (Å²) in [5.41, 5.74) is 5.86. The van der Waals surface area contributed by atoms with E-state index in [-0.39, 0.29) is 23.9 Å². The zero-order valence-electron chi connectivity index (χ0n) is 33.9. The molecule has 2 aromatic heterocycles. The lowest BCUT2D eigenvalue weighted by atomic mass is 10.1. The average molecular weight is 813 g/mol. The van der Waals surface area contributed by atoms with E-state index in [0.29, 0.717) is 30.3 Å². The summed E-state index contributed by atoms with van der Waals surface area (Å²) in [5, 5.41) is 5.31. The maximum Gasteiger partial charge on any atom is 0.407 e. The van der Waals surface area contributed by atoms with Crippen LogP contribution >= 0.6 is 0 Å². The molecule has 0 radical (unpaired) electrons. The SMILES string of the molecule is COC(=O)N[C@H](C(=O)N1CCC[C@H]1c1ncc(-c2ccc(C#Cc3ccc(-c4cnc([C@@H]5CCCN5C(=O)[C@H](NC(=O)OC)c5ccccc5)[nH]4)cc3)cc2)[nH]1)[C@@H](C)OC. The number of imidazole rings is 2. The van der Waals surface area contributed by atoms with Crippen LogP contribution in [-0.2, 0) is 23.8 Å². The van der Waals surface area contributed by atoms with Crippen molar-refractivity contribution < 1.29 is 33.4 Å². The number of hydrogen-bond acceptors (Lipinski definition) is 9. The highest BCUT2D eigenvalue weighted by atomic mass is 16.5. The minimum Gasteiger partial charge on any atom is -0.453 e. The van der Waals surface area contributed by atoms with Crippen molar-refractivity contribution in [1.29, 1.82) is 0 Å². The van der Waals surface area contributed by atoms with Crippen molar-refractivity contribution in [1.82, 2.24) is 40.4 Å². The van der Waals surface area contributed by atoms with Crippen LogP contribution in [0.25, 0.3) is 22.5 Å². The Morgan fingerprint density at radius 3 is 1.65 bits per heavy atom. The normalized spacial score (nSPS) is 17.5. The molecule has 0 spiro atoms. The maximum atomic E-state index is 13.9. The quantitative estimate of drug-likeness (QED) is 0.115. The fourth-order valence-electron chi connectivity index (χ4n) is 7.70. The monoisotopic (exact) mass is 812 g/mol. The fraction of sp³-hybridized carbons (Fsp3) is 0.333. The summed E-state index contributed by atoms with van der Waals surface area (Å²) in [5.74, 6) is 7.37. The molecule has 5 atom stereocenters. The summed E-state index contributed by atoms with van der Waals surface area (Å²) < 4.78 is 14.9. The molecule has 0 unspecified atom stereocenters. The third kappa shape index (κ3) is 9.19. The molecule has 0 aliphatic carbocycles. The lowest BCUT2D eigenvalue weighted by molar-refractivity contribution is -0.137. The third-order valence-corrected chi connectivity index (χ3v) is 11.0. The summed E-state index contributed by atoms with van der Waals surface area (Å²) in [6, 6.07) is 22.6. The number of aromatic amines is 2. The Hall–Kier alpha value is -6.92. The second-order valence-electron chi connectivity index (χ2n) is 14.7. The van der Waals surface area contributed by atoms with Gasteiger partial charge in [0.15, 0.2) is 0 Å². The van der Waals surface area contributed by atoms with Crippen molar-refractivity contribution >= 4 is 24.0 Å². The van der Waals surface area contributed by atoms with E-state index in [1.807, 2.05) is 78.9 Å². The fourth-order valence-corrected chi connectivity index (χ4v) is 7.70. The number of methoxy groups -OCH3 is 3.